The number of amides is 2. The van der Waals surface area contributed by atoms with E-state index in [1.165, 1.54) is 12.1 Å². The fourth-order valence-corrected chi connectivity index (χ4v) is 5.46. The van der Waals surface area contributed by atoms with E-state index in [1.807, 2.05) is 78.7 Å². The molecule has 42 heavy (non-hydrogen) atoms. The summed E-state index contributed by atoms with van der Waals surface area (Å²) in [6.07, 6.45) is -0.692. The summed E-state index contributed by atoms with van der Waals surface area (Å²) in [6, 6.07) is 29.7. The zero-order valence-electron chi connectivity index (χ0n) is 23.5. The minimum absolute atomic E-state index is 0.105. The Bertz CT molecular complexity index is 1560. The number of aryl methyl sites for hydroxylation is 1. The second kappa shape index (κ2) is 12.7. The summed E-state index contributed by atoms with van der Waals surface area (Å²) in [6.45, 7) is 2.59. The maximum Gasteiger partial charge on any atom is 0.407 e. The van der Waals surface area contributed by atoms with Gasteiger partial charge in [-0.05, 0) is 65.6 Å². The number of ether oxygens (including phenoxy) is 1. The quantitative estimate of drug-likeness (QED) is 0.229. The van der Waals surface area contributed by atoms with Crippen molar-refractivity contribution in [1.82, 2.24) is 10.2 Å². The molecule has 0 bridgehead atoms. The molecular formula is C34H33N3O5. The lowest BCUT2D eigenvalue weighted by molar-refractivity contribution is -0.118. The molecule has 2 amide bonds. The van der Waals surface area contributed by atoms with Crippen LogP contribution in [0.25, 0.3) is 11.1 Å². The number of alkyl carbamates (subject to hydrolysis) is 1. The van der Waals surface area contributed by atoms with Crippen molar-refractivity contribution in [3.05, 3.63) is 125 Å². The Hall–Kier alpha value is -4.95. The predicted molar refractivity (Wildman–Crippen MR) is 162 cm³/mol. The molecule has 5 rings (SSSR count). The van der Waals surface area contributed by atoms with Gasteiger partial charge in [-0.3, -0.25) is 9.69 Å². The molecule has 8 heteroatoms. The third-order valence-electron chi connectivity index (χ3n) is 7.47. The Morgan fingerprint density at radius 3 is 2.12 bits per heavy atom. The van der Waals surface area contributed by atoms with Gasteiger partial charge in [-0.2, -0.15) is 0 Å². The van der Waals surface area contributed by atoms with Gasteiger partial charge < -0.3 is 20.5 Å². The lowest BCUT2D eigenvalue weighted by Gasteiger charge is -2.25. The topological polar surface area (TPSA) is 108 Å². The van der Waals surface area contributed by atoms with Crippen LogP contribution in [-0.4, -0.2) is 54.2 Å². The van der Waals surface area contributed by atoms with E-state index in [4.69, 9.17) is 4.74 Å². The average molecular weight is 564 g/mol. The molecule has 0 aliphatic heterocycles. The van der Waals surface area contributed by atoms with E-state index in [0.717, 1.165) is 27.8 Å². The Morgan fingerprint density at radius 2 is 1.50 bits per heavy atom. The molecule has 0 heterocycles. The van der Waals surface area contributed by atoms with E-state index in [-0.39, 0.29) is 24.6 Å². The van der Waals surface area contributed by atoms with Crippen LogP contribution in [0, 0.1) is 6.92 Å². The van der Waals surface area contributed by atoms with E-state index in [9.17, 15) is 19.5 Å². The molecular weight excluding hydrogens is 530 g/mol. The molecule has 0 saturated carbocycles. The first-order valence-corrected chi connectivity index (χ1v) is 13.8. The summed E-state index contributed by atoms with van der Waals surface area (Å²) in [4.78, 5) is 39.9. The third kappa shape index (κ3) is 6.50. The molecule has 0 saturated heterocycles. The number of nitrogens with one attached hydrogen (secondary N) is 2. The van der Waals surface area contributed by atoms with Crippen molar-refractivity contribution < 1.29 is 24.2 Å². The van der Waals surface area contributed by atoms with E-state index < -0.39 is 24.0 Å². The fourth-order valence-electron chi connectivity index (χ4n) is 5.46. The Labute approximate surface area is 244 Å². The van der Waals surface area contributed by atoms with Gasteiger partial charge in [0.15, 0.2) is 0 Å². The van der Waals surface area contributed by atoms with Crippen molar-refractivity contribution in [2.24, 2.45) is 0 Å². The largest absolute Gasteiger partial charge is 0.478 e. The molecule has 4 aromatic carbocycles. The molecule has 1 aliphatic rings. The number of benzene rings is 4. The number of rotatable bonds is 10. The monoisotopic (exact) mass is 563 g/mol. The molecule has 0 spiro atoms. The van der Waals surface area contributed by atoms with Gasteiger partial charge in [0.1, 0.15) is 12.6 Å². The number of likely N-dealkylation sites (N-methyl/N-ethyl adjacent to an activating group) is 1. The second-order valence-electron chi connectivity index (χ2n) is 10.5. The van der Waals surface area contributed by atoms with Crippen LogP contribution < -0.4 is 10.6 Å². The summed E-state index contributed by atoms with van der Waals surface area (Å²) in [5.74, 6) is -1.58. The Balaban J connectivity index is 1.29. The molecule has 4 aromatic rings. The number of carbonyl (C=O) groups excluding carboxylic acids is 2. The van der Waals surface area contributed by atoms with Crippen molar-refractivity contribution in [1.29, 1.82) is 0 Å². The van der Waals surface area contributed by atoms with Crippen molar-refractivity contribution in [3.8, 4) is 11.1 Å². The van der Waals surface area contributed by atoms with E-state index in [0.29, 0.717) is 17.8 Å². The molecule has 1 atom stereocenters. The molecule has 0 aromatic heterocycles. The number of carboxylic acids is 1. The maximum atomic E-state index is 13.4. The first-order chi connectivity index (χ1) is 20.3. The molecule has 1 unspecified atom stereocenters. The highest BCUT2D eigenvalue weighted by molar-refractivity contribution is 5.97. The zero-order chi connectivity index (χ0) is 29.6. The highest BCUT2D eigenvalue weighted by atomic mass is 16.5. The van der Waals surface area contributed by atoms with Crippen LogP contribution in [0.4, 0.5) is 10.5 Å². The first kappa shape index (κ1) is 28.6. The lowest BCUT2D eigenvalue weighted by atomic mass is 9.98. The number of hydrogen-bond acceptors (Lipinski definition) is 5. The summed E-state index contributed by atoms with van der Waals surface area (Å²) in [7, 11) is 1.87. The summed E-state index contributed by atoms with van der Waals surface area (Å²) < 4.78 is 5.72. The second-order valence-corrected chi connectivity index (χ2v) is 10.5. The molecule has 8 nitrogen and oxygen atoms in total. The number of fused-ring (bicyclic) bond motifs is 3. The van der Waals surface area contributed by atoms with Crippen LogP contribution >= 0.6 is 0 Å². The van der Waals surface area contributed by atoms with Crippen LogP contribution in [0.15, 0.2) is 97.1 Å². The Kier molecular flexibility index (Phi) is 8.64. The van der Waals surface area contributed by atoms with Gasteiger partial charge in [0.05, 0.1) is 5.56 Å². The third-order valence-corrected chi connectivity index (χ3v) is 7.47. The molecule has 0 fully saturated rings. The number of carbonyl (C=O) groups is 3. The van der Waals surface area contributed by atoms with Gasteiger partial charge in [0.25, 0.3) is 0 Å². The molecule has 1 aliphatic carbocycles. The van der Waals surface area contributed by atoms with Crippen LogP contribution in [0.2, 0.25) is 0 Å². The van der Waals surface area contributed by atoms with Gasteiger partial charge in [-0.1, -0.05) is 78.9 Å². The fraction of sp³-hybridized carbons (Fsp3) is 0.206. The summed E-state index contributed by atoms with van der Waals surface area (Å²) in [5, 5.41) is 14.9. The van der Waals surface area contributed by atoms with E-state index in [2.05, 4.69) is 22.8 Å². The first-order valence-electron chi connectivity index (χ1n) is 13.8. The minimum atomic E-state index is -1.04. The van der Waals surface area contributed by atoms with Gasteiger partial charge in [0.2, 0.25) is 5.91 Å². The van der Waals surface area contributed by atoms with Crippen molar-refractivity contribution >= 4 is 23.7 Å². The predicted octanol–water partition coefficient (Wildman–Crippen LogP) is 5.67. The smallest absolute Gasteiger partial charge is 0.407 e. The minimum Gasteiger partial charge on any atom is -0.478 e. The number of aromatic carboxylic acids is 1. The summed E-state index contributed by atoms with van der Waals surface area (Å²) >= 11 is 0. The number of anilines is 1. The van der Waals surface area contributed by atoms with Crippen LogP contribution in [-0.2, 0) is 16.1 Å². The SMILES string of the molecule is Cc1cc(NC(=O)C(CN(C)Cc2ccccc2)NC(=O)OCC2c3ccccc3-c3ccccc32)ccc1C(=O)O. The van der Waals surface area contributed by atoms with Crippen molar-refractivity contribution in [2.45, 2.75) is 25.4 Å². The molecule has 214 valence electrons. The van der Waals surface area contributed by atoms with Crippen LogP contribution in [0.1, 0.15) is 38.5 Å². The lowest BCUT2D eigenvalue weighted by Crippen LogP contribution is -2.50. The van der Waals surface area contributed by atoms with E-state index in [1.54, 1.807) is 13.0 Å². The number of hydrogen-bond donors (Lipinski definition) is 3. The maximum absolute atomic E-state index is 13.4. The van der Waals surface area contributed by atoms with Gasteiger partial charge in [-0.25, -0.2) is 9.59 Å². The van der Waals surface area contributed by atoms with Crippen LogP contribution in [0.5, 0.6) is 0 Å². The molecule has 3 N–H and O–H groups in total. The summed E-state index contributed by atoms with van der Waals surface area (Å²) in [5.41, 5.74) is 6.64. The highest BCUT2D eigenvalue weighted by Crippen LogP contribution is 2.44. The van der Waals surface area contributed by atoms with E-state index >= 15 is 0 Å². The van der Waals surface area contributed by atoms with Crippen molar-refractivity contribution in [3.63, 3.8) is 0 Å². The van der Waals surface area contributed by atoms with Gasteiger partial charge in [-0.15, -0.1) is 0 Å². The van der Waals surface area contributed by atoms with Gasteiger partial charge in [0, 0.05) is 24.7 Å². The standard InChI is InChI=1S/C34H33N3O5/c1-22-18-24(16-17-25(22)33(39)40)35-32(38)31(20-37(2)19-23-10-4-3-5-11-23)36-34(41)42-21-30-28-14-8-6-12-26(28)27-13-7-9-15-29(27)30/h3-18,30-31H,19-21H2,1-2H3,(H,35,38)(H,36,41)(H,39,40). The molecule has 0 radical (unpaired) electrons. The highest BCUT2D eigenvalue weighted by Gasteiger charge is 2.30. The Morgan fingerprint density at radius 1 is 0.881 bits per heavy atom. The van der Waals surface area contributed by atoms with Crippen LogP contribution in [0.3, 0.4) is 0 Å². The zero-order valence-corrected chi connectivity index (χ0v) is 23.5. The normalized spacial score (nSPS) is 12.7. The van der Waals surface area contributed by atoms with Crippen molar-refractivity contribution in [2.75, 3.05) is 25.5 Å². The number of nitrogens with zero attached hydrogens (tertiary/aromatic N) is 1. The number of carboxylic acid groups (broad SMARTS) is 1. The average Bonchev–Trinajstić information content (AvgIpc) is 3.29. The van der Waals surface area contributed by atoms with Gasteiger partial charge >= 0.3 is 12.1 Å².